The van der Waals surface area contributed by atoms with Gasteiger partial charge in [0.05, 0.1) is 5.41 Å². The molecule has 0 bridgehead atoms. The Morgan fingerprint density at radius 2 is 1.89 bits per heavy atom. The van der Waals surface area contributed by atoms with Crippen LogP contribution in [0.5, 0.6) is 0 Å². The summed E-state index contributed by atoms with van der Waals surface area (Å²) in [5.41, 5.74) is 1.98. The lowest BCUT2D eigenvalue weighted by molar-refractivity contribution is -0.156. The van der Waals surface area contributed by atoms with Crippen molar-refractivity contribution in [3.05, 3.63) is 35.4 Å². The average molecular weight is 260 g/mol. The lowest BCUT2D eigenvalue weighted by Crippen LogP contribution is -2.45. The maximum absolute atomic E-state index is 11.9. The van der Waals surface area contributed by atoms with Crippen LogP contribution in [0.25, 0.3) is 0 Å². The van der Waals surface area contributed by atoms with E-state index in [1.165, 1.54) is 11.1 Å². The molecule has 1 saturated heterocycles. The molecule has 1 unspecified atom stereocenters. The van der Waals surface area contributed by atoms with Gasteiger partial charge in [-0.1, -0.05) is 24.3 Å². The Hall–Kier alpha value is -1.35. The minimum Gasteiger partial charge on any atom is -0.481 e. The third-order valence-electron chi connectivity index (χ3n) is 4.89. The summed E-state index contributed by atoms with van der Waals surface area (Å²) < 4.78 is 5.39. The highest BCUT2D eigenvalue weighted by atomic mass is 16.5. The number of hydrogen-bond donors (Lipinski definition) is 1. The van der Waals surface area contributed by atoms with Crippen molar-refractivity contribution in [1.82, 2.24) is 0 Å². The first-order valence-corrected chi connectivity index (χ1v) is 7.10. The van der Waals surface area contributed by atoms with Crippen LogP contribution in [0.1, 0.15) is 30.4 Å². The van der Waals surface area contributed by atoms with Crippen LogP contribution in [0.3, 0.4) is 0 Å². The van der Waals surface area contributed by atoms with Gasteiger partial charge in [-0.25, -0.2) is 0 Å². The number of carboxylic acid groups (broad SMARTS) is 1. The highest BCUT2D eigenvalue weighted by molar-refractivity contribution is 5.76. The van der Waals surface area contributed by atoms with E-state index in [1.807, 2.05) is 12.1 Å². The van der Waals surface area contributed by atoms with Gasteiger partial charge in [-0.3, -0.25) is 4.79 Å². The molecule has 3 rings (SSSR count). The number of carbonyl (C=O) groups is 1. The summed E-state index contributed by atoms with van der Waals surface area (Å²) in [6, 6.07) is 8.28. The number of aryl methyl sites for hydroxylation is 1. The van der Waals surface area contributed by atoms with Gasteiger partial charge in [0.15, 0.2) is 0 Å². The van der Waals surface area contributed by atoms with Gasteiger partial charge in [0.25, 0.3) is 0 Å². The zero-order chi connectivity index (χ0) is 13.3. The molecule has 0 amide bonds. The van der Waals surface area contributed by atoms with Gasteiger partial charge in [0, 0.05) is 13.2 Å². The van der Waals surface area contributed by atoms with Crippen LogP contribution in [0, 0.1) is 11.3 Å². The standard InChI is InChI=1S/C16H20O3/c17-15(18)16(14-6-9-19-10-7-14)8-5-12-3-1-2-4-13(12)11-16/h1-4,14H,5-11H2,(H,17,18). The SMILES string of the molecule is O=C(O)C1(C2CCOCC2)CCc2ccccc2C1. The topological polar surface area (TPSA) is 46.5 Å². The van der Waals surface area contributed by atoms with E-state index >= 15 is 0 Å². The molecule has 1 aliphatic carbocycles. The quantitative estimate of drug-likeness (QED) is 0.889. The van der Waals surface area contributed by atoms with Crippen LogP contribution in [-0.4, -0.2) is 24.3 Å². The molecule has 3 heteroatoms. The molecule has 0 spiro atoms. The summed E-state index contributed by atoms with van der Waals surface area (Å²) >= 11 is 0. The average Bonchev–Trinajstić information content (AvgIpc) is 2.47. The Bertz CT molecular complexity index is 477. The van der Waals surface area contributed by atoms with Crippen LogP contribution in [0.15, 0.2) is 24.3 Å². The molecule has 1 heterocycles. The predicted octanol–water partition coefficient (Wildman–Crippen LogP) is 2.67. The zero-order valence-corrected chi connectivity index (χ0v) is 11.1. The maximum Gasteiger partial charge on any atom is 0.310 e. The first kappa shape index (κ1) is 12.7. The van der Waals surface area contributed by atoms with Crippen molar-refractivity contribution in [2.45, 2.75) is 32.1 Å². The molecule has 1 fully saturated rings. The number of rotatable bonds is 2. The van der Waals surface area contributed by atoms with Crippen LogP contribution in [-0.2, 0) is 22.4 Å². The van der Waals surface area contributed by atoms with E-state index < -0.39 is 11.4 Å². The molecule has 1 aliphatic heterocycles. The normalized spacial score (nSPS) is 27.8. The molecule has 19 heavy (non-hydrogen) atoms. The number of carboxylic acids is 1. The second-order valence-electron chi connectivity index (χ2n) is 5.79. The van der Waals surface area contributed by atoms with Gasteiger partial charge >= 0.3 is 5.97 Å². The Morgan fingerprint density at radius 3 is 2.58 bits per heavy atom. The Labute approximate surface area is 113 Å². The van der Waals surface area contributed by atoms with Crippen LogP contribution in [0.4, 0.5) is 0 Å². The fourth-order valence-electron chi connectivity index (χ4n) is 3.72. The molecule has 102 valence electrons. The fourth-order valence-corrected chi connectivity index (χ4v) is 3.72. The fraction of sp³-hybridized carbons (Fsp3) is 0.562. The van der Waals surface area contributed by atoms with Crippen molar-refractivity contribution >= 4 is 5.97 Å². The second-order valence-corrected chi connectivity index (χ2v) is 5.79. The van der Waals surface area contributed by atoms with Gasteiger partial charge in [-0.05, 0) is 49.1 Å². The van der Waals surface area contributed by atoms with Gasteiger partial charge in [0.1, 0.15) is 0 Å². The third kappa shape index (κ3) is 2.16. The van der Waals surface area contributed by atoms with E-state index in [0.29, 0.717) is 19.6 Å². The highest BCUT2D eigenvalue weighted by Gasteiger charge is 2.47. The van der Waals surface area contributed by atoms with Crippen LogP contribution < -0.4 is 0 Å². The van der Waals surface area contributed by atoms with Crippen LogP contribution >= 0.6 is 0 Å². The molecular formula is C16H20O3. The number of ether oxygens (including phenoxy) is 1. The molecule has 1 aromatic rings. The smallest absolute Gasteiger partial charge is 0.310 e. The van der Waals surface area contributed by atoms with Crippen molar-refractivity contribution < 1.29 is 14.6 Å². The largest absolute Gasteiger partial charge is 0.481 e. The summed E-state index contributed by atoms with van der Waals surface area (Å²) in [4.78, 5) is 11.9. The van der Waals surface area contributed by atoms with E-state index in [9.17, 15) is 9.90 Å². The Kier molecular flexibility index (Phi) is 3.31. The van der Waals surface area contributed by atoms with Crippen LogP contribution in [0.2, 0.25) is 0 Å². The van der Waals surface area contributed by atoms with Crippen molar-refractivity contribution in [2.24, 2.45) is 11.3 Å². The molecule has 1 aromatic carbocycles. The monoisotopic (exact) mass is 260 g/mol. The Morgan fingerprint density at radius 1 is 1.21 bits per heavy atom. The molecule has 1 N–H and O–H groups in total. The third-order valence-corrected chi connectivity index (χ3v) is 4.89. The summed E-state index contributed by atoms with van der Waals surface area (Å²) in [7, 11) is 0. The summed E-state index contributed by atoms with van der Waals surface area (Å²) in [5.74, 6) is -0.360. The second kappa shape index (κ2) is 4.97. The number of aliphatic carboxylic acids is 1. The van der Waals surface area contributed by atoms with E-state index in [0.717, 1.165) is 25.7 Å². The molecule has 0 aromatic heterocycles. The molecule has 3 nitrogen and oxygen atoms in total. The molecule has 1 atom stereocenters. The number of fused-ring (bicyclic) bond motifs is 1. The highest BCUT2D eigenvalue weighted by Crippen LogP contribution is 2.45. The molecule has 0 radical (unpaired) electrons. The maximum atomic E-state index is 11.9. The van der Waals surface area contributed by atoms with Gasteiger partial charge < -0.3 is 9.84 Å². The lowest BCUT2D eigenvalue weighted by Gasteiger charge is -2.42. The molecule has 2 aliphatic rings. The minimum atomic E-state index is -0.617. The number of hydrogen-bond acceptors (Lipinski definition) is 2. The van der Waals surface area contributed by atoms with E-state index in [1.54, 1.807) is 0 Å². The van der Waals surface area contributed by atoms with Crippen molar-refractivity contribution in [1.29, 1.82) is 0 Å². The van der Waals surface area contributed by atoms with Crippen molar-refractivity contribution in [2.75, 3.05) is 13.2 Å². The van der Waals surface area contributed by atoms with Crippen molar-refractivity contribution in [3.8, 4) is 0 Å². The molecular weight excluding hydrogens is 240 g/mol. The Balaban J connectivity index is 1.93. The molecule has 0 saturated carbocycles. The van der Waals surface area contributed by atoms with E-state index in [-0.39, 0.29) is 5.92 Å². The van der Waals surface area contributed by atoms with Gasteiger partial charge in [-0.2, -0.15) is 0 Å². The number of benzene rings is 1. The summed E-state index contributed by atoms with van der Waals surface area (Å²) in [6.45, 7) is 1.42. The van der Waals surface area contributed by atoms with E-state index in [2.05, 4.69) is 12.1 Å². The van der Waals surface area contributed by atoms with Crippen molar-refractivity contribution in [3.63, 3.8) is 0 Å². The van der Waals surface area contributed by atoms with E-state index in [4.69, 9.17) is 4.74 Å². The lowest BCUT2D eigenvalue weighted by atomic mass is 9.62. The summed E-state index contributed by atoms with van der Waals surface area (Å²) in [5, 5.41) is 9.83. The summed E-state index contributed by atoms with van der Waals surface area (Å²) in [6.07, 6.45) is 4.11. The minimum absolute atomic E-state index is 0.257. The zero-order valence-electron chi connectivity index (χ0n) is 11.1. The first-order chi connectivity index (χ1) is 9.22. The first-order valence-electron chi connectivity index (χ1n) is 7.10. The predicted molar refractivity (Wildman–Crippen MR) is 72.1 cm³/mol. The van der Waals surface area contributed by atoms with Gasteiger partial charge in [0.2, 0.25) is 0 Å². The van der Waals surface area contributed by atoms with Gasteiger partial charge in [-0.15, -0.1) is 0 Å².